The molecule has 9 heteroatoms. The van der Waals surface area contributed by atoms with Crippen LogP contribution in [0.5, 0.6) is 5.75 Å². The van der Waals surface area contributed by atoms with Crippen molar-refractivity contribution in [2.24, 2.45) is 0 Å². The molecule has 3 aromatic rings. The molecule has 0 fully saturated rings. The first-order valence-electron chi connectivity index (χ1n) is 9.31. The highest BCUT2D eigenvalue weighted by atomic mass is 19.4. The smallest absolute Gasteiger partial charge is 0.416 e. The third-order valence-corrected chi connectivity index (χ3v) is 4.92. The number of ether oxygens (including phenoxy) is 1. The standard InChI is InChI=1S/C21H22F3N3O3/c1-20(2,15-10-13(4-8-18(15)28)5-9-19(29)30-3)12-27-25-16-7-6-14(21(22,23)24)11-17(16)26-27/h4,6-8,10-11,28H,5,9,12H2,1-3H3. The van der Waals surface area contributed by atoms with E-state index >= 15 is 0 Å². The average molecular weight is 421 g/mol. The summed E-state index contributed by atoms with van der Waals surface area (Å²) in [6, 6.07) is 8.34. The Bertz CT molecular complexity index is 1070. The van der Waals surface area contributed by atoms with Crippen molar-refractivity contribution in [2.75, 3.05) is 7.11 Å². The molecule has 6 nitrogen and oxygen atoms in total. The molecular weight excluding hydrogens is 399 g/mol. The van der Waals surface area contributed by atoms with Crippen LogP contribution in [0.1, 0.15) is 37.0 Å². The summed E-state index contributed by atoms with van der Waals surface area (Å²) in [7, 11) is 1.33. The fourth-order valence-corrected chi connectivity index (χ4v) is 3.27. The number of phenolic OH excluding ortho intramolecular Hbond substituents is 1. The van der Waals surface area contributed by atoms with E-state index in [1.54, 1.807) is 12.1 Å². The quantitative estimate of drug-likeness (QED) is 0.603. The third-order valence-electron chi connectivity index (χ3n) is 4.92. The summed E-state index contributed by atoms with van der Waals surface area (Å²) >= 11 is 0. The Morgan fingerprint density at radius 3 is 2.47 bits per heavy atom. The molecular formula is C21H22F3N3O3. The second-order valence-corrected chi connectivity index (χ2v) is 7.74. The molecule has 1 aromatic heterocycles. The van der Waals surface area contributed by atoms with E-state index in [4.69, 9.17) is 0 Å². The molecule has 0 aliphatic carbocycles. The van der Waals surface area contributed by atoms with E-state index in [0.717, 1.165) is 17.7 Å². The van der Waals surface area contributed by atoms with Crippen LogP contribution < -0.4 is 0 Å². The number of benzene rings is 2. The van der Waals surface area contributed by atoms with Gasteiger partial charge in [0, 0.05) is 17.4 Å². The number of hydrogen-bond donors (Lipinski definition) is 1. The number of nitrogens with zero attached hydrogens (tertiary/aromatic N) is 3. The van der Waals surface area contributed by atoms with Gasteiger partial charge in [0.1, 0.15) is 16.8 Å². The summed E-state index contributed by atoms with van der Waals surface area (Å²) in [5.74, 6) is -0.243. The zero-order chi connectivity index (χ0) is 22.1. The summed E-state index contributed by atoms with van der Waals surface area (Å²) in [5, 5.41) is 18.8. The molecule has 0 saturated carbocycles. The lowest BCUT2D eigenvalue weighted by Crippen LogP contribution is -2.26. The van der Waals surface area contributed by atoms with Crippen molar-refractivity contribution in [1.82, 2.24) is 15.0 Å². The van der Waals surface area contributed by atoms with Crippen molar-refractivity contribution >= 4 is 17.0 Å². The van der Waals surface area contributed by atoms with Crippen LogP contribution in [-0.2, 0) is 34.1 Å². The van der Waals surface area contributed by atoms with Gasteiger partial charge in [-0.05, 0) is 36.2 Å². The zero-order valence-electron chi connectivity index (χ0n) is 16.8. The second-order valence-electron chi connectivity index (χ2n) is 7.74. The summed E-state index contributed by atoms with van der Waals surface area (Å²) in [6.07, 6.45) is -3.78. The van der Waals surface area contributed by atoms with Gasteiger partial charge in [-0.3, -0.25) is 4.79 Å². The van der Waals surface area contributed by atoms with Gasteiger partial charge in [-0.25, -0.2) is 0 Å². The molecule has 0 radical (unpaired) electrons. The molecule has 0 aliphatic rings. The molecule has 1 heterocycles. The Labute approximate surface area is 171 Å². The Hall–Kier alpha value is -3.10. The Morgan fingerprint density at radius 1 is 1.10 bits per heavy atom. The lowest BCUT2D eigenvalue weighted by molar-refractivity contribution is -0.140. The van der Waals surface area contributed by atoms with Gasteiger partial charge in [0.25, 0.3) is 0 Å². The van der Waals surface area contributed by atoms with Gasteiger partial charge < -0.3 is 9.84 Å². The molecule has 0 saturated heterocycles. The van der Waals surface area contributed by atoms with Gasteiger partial charge in [-0.15, -0.1) is 0 Å². The highest BCUT2D eigenvalue weighted by Crippen LogP contribution is 2.34. The van der Waals surface area contributed by atoms with Crippen molar-refractivity contribution < 1.29 is 27.8 Å². The minimum atomic E-state index is -4.45. The van der Waals surface area contributed by atoms with E-state index in [9.17, 15) is 23.1 Å². The van der Waals surface area contributed by atoms with Crippen molar-refractivity contribution in [1.29, 1.82) is 0 Å². The number of aromatic hydroxyl groups is 1. The van der Waals surface area contributed by atoms with Crippen LogP contribution in [0.4, 0.5) is 13.2 Å². The van der Waals surface area contributed by atoms with Gasteiger partial charge in [0.15, 0.2) is 0 Å². The number of aryl methyl sites for hydroxylation is 1. The first-order chi connectivity index (χ1) is 14.0. The van der Waals surface area contributed by atoms with Gasteiger partial charge in [-0.1, -0.05) is 26.0 Å². The summed E-state index contributed by atoms with van der Waals surface area (Å²) in [4.78, 5) is 12.7. The Morgan fingerprint density at radius 2 is 1.80 bits per heavy atom. The number of aromatic nitrogens is 3. The molecule has 0 spiro atoms. The number of halogens is 3. The van der Waals surface area contributed by atoms with E-state index in [0.29, 0.717) is 17.5 Å². The van der Waals surface area contributed by atoms with E-state index in [-0.39, 0.29) is 30.2 Å². The molecule has 1 N–H and O–H groups in total. The van der Waals surface area contributed by atoms with Crippen LogP contribution in [0.15, 0.2) is 36.4 Å². The van der Waals surface area contributed by atoms with Crippen LogP contribution in [-0.4, -0.2) is 33.2 Å². The lowest BCUT2D eigenvalue weighted by Gasteiger charge is -2.26. The van der Waals surface area contributed by atoms with E-state index < -0.39 is 17.2 Å². The number of phenols is 1. The highest BCUT2D eigenvalue weighted by molar-refractivity contribution is 5.74. The number of carbonyl (C=O) groups is 1. The largest absolute Gasteiger partial charge is 0.508 e. The van der Waals surface area contributed by atoms with Gasteiger partial charge in [-0.2, -0.15) is 28.2 Å². The first-order valence-corrected chi connectivity index (χ1v) is 9.31. The van der Waals surface area contributed by atoms with Crippen LogP contribution in [0.2, 0.25) is 0 Å². The molecule has 0 atom stereocenters. The van der Waals surface area contributed by atoms with Crippen LogP contribution in [0.3, 0.4) is 0 Å². The van der Waals surface area contributed by atoms with Crippen molar-refractivity contribution in [3.63, 3.8) is 0 Å². The molecule has 30 heavy (non-hydrogen) atoms. The molecule has 2 aromatic carbocycles. The zero-order valence-corrected chi connectivity index (χ0v) is 16.8. The number of methoxy groups -OCH3 is 1. The topological polar surface area (TPSA) is 77.2 Å². The molecule has 0 bridgehead atoms. The number of hydrogen-bond acceptors (Lipinski definition) is 5. The van der Waals surface area contributed by atoms with Crippen LogP contribution >= 0.6 is 0 Å². The van der Waals surface area contributed by atoms with Crippen LogP contribution in [0.25, 0.3) is 11.0 Å². The number of rotatable bonds is 6. The summed E-state index contributed by atoms with van der Waals surface area (Å²) in [5.41, 5.74) is 0.577. The Balaban J connectivity index is 1.86. The maximum absolute atomic E-state index is 12.9. The number of alkyl halides is 3. The third kappa shape index (κ3) is 4.72. The van der Waals surface area contributed by atoms with Crippen LogP contribution in [0, 0.1) is 0 Å². The van der Waals surface area contributed by atoms with Crippen molar-refractivity contribution in [3.05, 3.63) is 53.1 Å². The lowest BCUT2D eigenvalue weighted by atomic mass is 9.83. The molecule has 0 amide bonds. The molecule has 0 aliphatic heterocycles. The van der Waals surface area contributed by atoms with E-state index in [2.05, 4.69) is 14.9 Å². The summed E-state index contributed by atoms with van der Waals surface area (Å²) in [6.45, 7) is 3.99. The molecule has 3 rings (SSSR count). The van der Waals surface area contributed by atoms with E-state index in [1.165, 1.54) is 18.0 Å². The fraction of sp³-hybridized carbons (Fsp3) is 0.381. The number of fused-ring (bicyclic) bond motifs is 1. The van der Waals surface area contributed by atoms with Gasteiger partial charge >= 0.3 is 12.1 Å². The predicted molar refractivity (Wildman–Crippen MR) is 104 cm³/mol. The maximum Gasteiger partial charge on any atom is 0.416 e. The minimum Gasteiger partial charge on any atom is -0.508 e. The van der Waals surface area contributed by atoms with Gasteiger partial charge in [0.05, 0.1) is 19.2 Å². The number of carbonyl (C=O) groups excluding carboxylic acids is 1. The van der Waals surface area contributed by atoms with Gasteiger partial charge in [0.2, 0.25) is 0 Å². The first kappa shape index (κ1) is 21.6. The predicted octanol–water partition coefficient (Wildman–Crippen LogP) is 4.24. The maximum atomic E-state index is 12.9. The minimum absolute atomic E-state index is 0.0814. The average Bonchev–Trinajstić information content (AvgIpc) is 3.06. The van der Waals surface area contributed by atoms with Crippen molar-refractivity contribution in [3.8, 4) is 5.75 Å². The summed E-state index contributed by atoms with van der Waals surface area (Å²) < 4.78 is 43.4. The normalized spacial score (nSPS) is 12.3. The van der Waals surface area contributed by atoms with E-state index in [1.807, 2.05) is 19.9 Å². The highest BCUT2D eigenvalue weighted by Gasteiger charge is 2.31. The Kier molecular flexibility index (Phi) is 5.74. The van der Waals surface area contributed by atoms with Crippen molar-refractivity contribution in [2.45, 2.75) is 44.8 Å². The SMILES string of the molecule is COC(=O)CCc1ccc(O)c(C(C)(C)Cn2nc3ccc(C(F)(F)F)cc3n2)c1. The molecule has 160 valence electrons. The monoisotopic (exact) mass is 421 g/mol. The molecule has 0 unspecified atom stereocenters. The number of esters is 1. The second kappa shape index (κ2) is 7.97. The fourth-order valence-electron chi connectivity index (χ4n) is 3.27.